The number of aliphatic hydroxyl groups excluding tert-OH is 2. The number of aliphatic hydroxyl groups is 2. The van der Waals surface area contributed by atoms with Gasteiger partial charge >= 0.3 is 5.97 Å². The van der Waals surface area contributed by atoms with Gasteiger partial charge in [-0.05, 0) is 0 Å². The van der Waals surface area contributed by atoms with E-state index >= 15 is 0 Å². The number of aliphatic carboxylic acids is 1. The summed E-state index contributed by atoms with van der Waals surface area (Å²) in [6.45, 7) is 2.71. The maximum absolute atomic E-state index is 9.25. The minimum absolute atomic E-state index is 0. The summed E-state index contributed by atoms with van der Waals surface area (Å²) in [5, 5.41) is 22.9. The van der Waals surface area contributed by atoms with E-state index in [4.69, 9.17) is 15.3 Å². The number of carboxylic acids is 1. The molecule has 5 heteroatoms. The fourth-order valence-corrected chi connectivity index (χ4v) is 0. The Morgan fingerprint density at radius 1 is 1.40 bits per heavy atom. The summed E-state index contributed by atoms with van der Waals surface area (Å²) in [7, 11) is 0. The summed E-state index contributed by atoms with van der Waals surface area (Å²) >= 11 is 0. The van der Waals surface area contributed by atoms with E-state index in [1.54, 1.807) is 0 Å². The Hall–Kier alpha value is -0.156. The first-order valence-electron chi connectivity index (χ1n) is 2.26. The molecule has 10 heavy (non-hydrogen) atoms. The number of hydrogen-bond acceptors (Lipinski definition) is 3. The third-order valence-electron chi connectivity index (χ3n) is 0.275. The zero-order chi connectivity index (χ0) is 7.70. The molecule has 0 heterocycles. The van der Waals surface area contributed by atoms with Crippen LogP contribution in [0.25, 0.3) is 0 Å². The predicted octanol–water partition coefficient (Wildman–Crippen LogP) is -0.774. The van der Waals surface area contributed by atoms with Gasteiger partial charge in [0, 0.05) is 27.8 Å². The van der Waals surface area contributed by atoms with Gasteiger partial charge in [0.2, 0.25) is 0 Å². The Bertz CT molecular complexity index is 81.7. The molecule has 0 rings (SSSR count). The molecule has 0 aromatic rings. The normalized spacial score (nSPS) is 6.20. The first-order chi connectivity index (χ1) is 4.18. The molecule has 4 nitrogen and oxygen atoms in total. The van der Waals surface area contributed by atoms with Gasteiger partial charge in [-0.3, -0.25) is 0 Å². The van der Waals surface area contributed by atoms with Gasteiger partial charge < -0.3 is 15.3 Å². The van der Waals surface area contributed by atoms with Crippen molar-refractivity contribution in [2.45, 2.75) is 0 Å². The molecule has 0 unspecified atom stereocenters. The molecule has 0 amide bonds. The summed E-state index contributed by atoms with van der Waals surface area (Å²) in [4.78, 5) is 9.25. The molecule has 58 valence electrons. The monoisotopic (exact) mass is 182 g/mol. The van der Waals surface area contributed by atoms with Crippen molar-refractivity contribution in [2.24, 2.45) is 0 Å². The van der Waals surface area contributed by atoms with Crippen molar-refractivity contribution in [3.05, 3.63) is 12.7 Å². The summed E-state index contributed by atoms with van der Waals surface area (Å²) < 4.78 is 0. The first kappa shape index (κ1) is 16.4. The Morgan fingerprint density at radius 3 is 1.60 bits per heavy atom. The van der Waals surface area contributed by atoms with Crippen LogP contribution in [0, 0.1) is 0 Å². The Labute approximate surface area is 74.1 Å². The second-order valence-corrected chi connectivity index (χ2v) is 0.990. The van der Waals surface area contributed by atoms with Crippen LogP contribution in [0.1, 0.15) is 0 Å². The van der Waals surface area contributed by atoms with Crippen LogP contribution in [0.3, 0.4) is 0 Å². The first-order valence-corrected chi connectivity index (χ1v) is 2.26. The molecule has 0 radical (unpaired) electrons. The Balaban J connectivity index is -0.0000000910. The zero-order valence-electron chi connectivity index (χ0n) is 5.45. The molecular weight excluding hydrogens is 172 g/mol. The van der Waals surface area contributed by atoms with Crippen LogP contribution in [-0.4, -0.2) is 34.5 Å². The molecule has 0 aliphatic heterocycles. The fraction of sp³-hybridized carbons (Fsp3) is 0.400. The van der Waals surface area contributed by atoms with Crippen molar-refractivity contribution < 1.29 is 41.8 Å². The number of carbonyl (C=O) groups is 1. The van der Waals surface area contributed by atoms with Gasteiger partial charge in [-0.25, -0.2) is 4.79 Å². The smallest absolute Gasteiger partial charge is 0.327 e. The summed E-state index contributed by atoms with van der Waals surface area (Å²) in [6.07, 6.45) is 0.833. The van der Waals surface area contributed by atoms with Gasteiger partial charge in [0.05, 0.1) is 13.2 Å². The SMILES string of the molecule is C=CC(=O)O.OCCO.[Ti]. The second kappa shape index (κ2) is 15.9. The molecule has 0 aliphatic rings. The van der Waals surface area contributed by atoms with E-state index in [1.165, 1.54) is 0 Å². The molecule has 0 saturated carbocycles. The molecule has 0 atom stereocenters. The van der Waals surface area contributed by atoms with Crippen molar-refractivity contribution in [3.63, 3.8) is 0 Å². The molecular formula is C5H10O4Ti. The molecule has 3 N–H and O–H groups in total. The molecule has 0 bridgehead atoms. The van der Waals surface area contributed by atoms with Crippen molar-refractivity contribution in [3.8, 4) is 0 Å². The van der Waals surface area contributed by atoms with E-state index in [1.807, 2.05) is 0 Å². The van der Waals surface area contributed by atoms with Crippen molar-refractivity contribution >= 4 is 5.97 Å². The molecule has 0 spiro atoms. The average molecular weight is 182 g/mol. The van der Waals surface area contributed by atoms with Crippen LogP contribution in [0.2, 0.25) is 0 Å². The minimum Gasteiger partial charge on any atom is -0.478 e. The van der Waals surface area contributed by atoms with Gasteiger partial charge in [-0.1, -0.05) is 6.58 Å². The van der Waals surface area contributed by atoms with Crippen LogP contribution >= 0.6 is 0 Å². The summed E-state index contributed by atoms with van der Waals surface area (Å²) in [5.74, 6) is -0.981. The van der Waals surface area contributed by atoms with Gasteiger partial charge in [0.1, 0.15) is 0 Å². The summed E-state index contributed by atoms with van der Waals surface area (Å²) in [5.41, 5.74) is 0. The molecule has 0 aromatic carbocycles. The second-order valence-electron chi connectivity index (χ2n) is 0.990. The largest absolute Gasteiger partial charge is 0.478 e. The van der Waals surface area contributed by atoms with E-state index in [-0.39, 0.29) is 34.9 Å². The molecule has 0 aliphatic carbocycles. The van der Waals surface area contributed by atoms with E-state index in [0.717, 1.165) is 6.08 Å². The van der Waals surface area contributed by atoms with Crippen molar-refractivity contribution in [1.29, 1.82) is 0 Å². The third-order valence-corrected chi connectivity index (χ3v) is 0.275. The number of rotatable bonds is 2. The molecule has 0 fully saturated rings. The minimum atomic E-state index is -0.981. The van der Waals surface area contributed by atoms with Crippen LogP contribution in [0.5, 0.6) is 0 Å². The topological polar surface area (TPSA) is 77.8 Å². The standard InChI is InChI=1S/C3H4O2.C2H6O2.Ti/c1-2-3(4)5;3-1-2-4;/h2H,1H2,(H,4,5);3-4H,1-2H2;. The Morgan fingerprint density at radius 2 is 1.60 bits per heavy atom. The summed E-state index contributed by atoms with van der Waals surface area (Å²) in [6, 6.07) is 0. The molecule has 0 saturated heterocycles. The fourth-order valence-electron chi connectivity index (χ4n) is 0. The van der Waals surface area contributed by atoms with Crippen LogP contribution in [0.4, 0.5) is 0 Å². The van der Waals surface area contributed by atoms with Gasteiger partial charge in [-0.15, -0.1) is 0 Å². The molecule has 0 aromatic heterocycles. The number of hydrogen-bond donors (Lipinski definition) is 3. The third kappa shape index (κ3) is 45.4. The van der Waals surface area contributed by atoms with E-state index in [2.05, 4.69) is 6.58 Å². The van der Waals surface area contributed by atoms with Crippen LogP contribution in [0.15, 0.2) is 12.7 Å². The van der Waals surface area contributed by atoms with Crippen LogP contribution < -0.4 is 0 Å². The average Bonchev–Trinajstić information content (AvgIpc) is 1.89. The van der Waals surface area contributed by atoms with E-state index < -0.39 is 5.97 Å². The van der Waals surface area contributed by atoms with E-state index in [9.17, 15) is 4.79 Å². The quantitative estimate of drug-likeness (QED) is 0.387. The van der Waals surface area contributed by atoms with E-state index in [0.29, 0.717) is 0 Å². The number of carboxylic acid groups (broad SMARTS) is 1. The van der Waals surface area contributed by atoms with Crippen molar-refractivity contribution in [1.82, 2.24) is 0 Å². The predicted molar refractivity (Wildman–Crippen MR) is 32.0 cm³/mol. The maximum atomic E-state index is 9.25. The van der Waals surface area contributed by atoms with Gasteiger partial charge in [0.25, 0.3) is 0 Å². The zero-order valence-corrected chi connectivity index (χ0v) is 7.01. The van der Waals surface area contributed by atoms with Gasteiger partial charge in [0.15, 0.2) is 0 Å². The van der Waals surface area contributed by atoms with Crippen LogP contribution in [-0.2, 0) is 26.5 Å². The maximum Gasteiger partial charge on any atom is 0.327 e. The Kier molecular flexibility index (Phi) is 26.2. The van der Waals surface area contributed by atoms with Gasteiger partial charge in [-0.2, -0.15) is 0 Å². The van der Waals surface area contributed by atoms with Crippen molar-refractivity contribution in [2.75, 3.05) is 13.2 Å².